The van der Waals surface area contributed by atoms with Crippen LogP contribution in [-0.2, 0) is 0 Å². The van der Waals surface area contributed by atoms with E-state index in [9.17, 15) is 0 Å². The summed E-state index contributed by atoms with van der Waals surface area (Å²) in [5, 5.41) is 3.71. The molecule has 1 heteroatoms. The van der Waals surface area contributed by atoms with Crippen LogP contribution in [-0.4, -0.2) is 12.6 Å². The Morgan fingerprint density at radius 3 is 2.53 bits per heavy atom. The fourth-order valence-electron chi connectivity index (χ4n) is 2.16. The van der Waals surface area contributed by atoms with Gasteiger partial charge in [-0.2, -0.15) is 0 Å². The van der Waals surface area contributed by atoms with Crippen molar-refractivity contribution in [1.82, 2.24) is 5.32 Å². The molecule has 0 aliphatic carbocycles. The van der Waals surface area contributed by atoms with Gasteiger partial charge in [-0.1, -0.05) is 46.1 Å². The van der Waals surface area contributed by atoms with Crippen molar-refractivity contribution < 1.29 is 0 Å². The van der Waals surface area contributed by atoms with E-state index in [0.717, 1.165) is 12.0 Å². The minimum absolute atomic E-state index is 0.744. The first kappa shape index (κ1) is 16.7. The van der Waals surface area contributed by atoms with Crippen molar-refractivity contribution in [3.63, 3.8) is 0 Å². The van der Waals surface area contributed by atoms with Gasteiger partial charge in [-0.25, -0.2) is 0 Å². The van der Waals surface area contributed by atoms with Crippen molar-refractivity contribution in [1.29, 1.82) is 0 Å². The van der Waals surface area contributed by atoms with Gasteiger partial charge < -0.3 is 5.32 Å². The highest BCUT2D eigenvalue weighted by Gasteiger charge is 2.10. The van der Waals surface area contributed by atoms with E-state index in [2.05, 4.69) is 32.7 Å². The van der Waals surface area contributed by atoms with E-state index >= 15 is 0 Å². The van der Waals surface area contributed by atoms with Crippen LogP contribution >= 0.6 is 0 Å². The average Bonchev–Trinajstić information content (AvgIpc) is 2.35. The van der Waals surface area contributed by atoms with E-state index in [0.29, 0.717) is 0 Å². The van der Waals surface area contributed by atoms with Gasteiger partial charge in [-0.15, -0.1) is 6.58 Å². The predicted octanol–water partition coefficient (Wildman–Crippen LogP) is 4.93. The van der Waals surface area contributed by atoms with Crippen LogP contribution in [0.15, 0.2) is 12.7 Å². The Labute approximate surface area is 109 Å². The van der Waals surface area contributed by atoms with Crippen molar-refractivity contribution in [3.8, 4) is 0 Å². The number of nitrogens with one attached hydrogen (secondary N) is 1. The zero-order valence-corrected chi connectivity index (χ0v) is 12.3. The molecule has 1 N–H and O–H groups in total. The van der Waals surface area contributed by atoms with E-state index in [1.165, 1.54) is 57.9 Å². The maximum absolute atomic E-state index is 3.77. The molecule has 0 rings (SSSR count). The highest BCUT2D eigenvalue weighted by atomic mass is 14.9. The molecule has 0 aliphatic heterocycles. The lowest BCUT2D eigenvalue weighted by Crippen LogP contribution is -2.31. The summed E-state index contributed by atoms with van der Waals surface area (Å²) in [6.45, 7) is 11.9. The van der Waals surface area contributed by atoms with Gasteiger partial charge in [0.15, 0.2) is 0 Å². The minimum Gasteiger partial charge on any atom is -0.314 e. The third-order valence-electron chi connectivity index (χ3n) is 3.53. The lowest BCUT2D eigenvalue weighted by atomic mass is 9.95. The molecule has 102 valence electrons. The molecule has 0 aliphatic rings. The highest BCUT2D eigenvalue weighted by Crippen LogP contribution is 2.15. The summed E-state index contributed by atoms with van der Waals surface area (Å²) in [6.07, 6.45) is 12.5. The average molecular weight is 239 g/mol. The first-order chi connectivity index (χ1) is 8.24. The van der Waals surface area contributed by atoms with Gasteiger partial charge in [0.25, 0.3) is 0 Å². The van der Waals surface area contributed by atoms with Gasteiger partial charge in [0.2, 0.25) is 0 Å². The summed E-state index contributed by atoms with van der Waals surface area (Å²) in [5.41, 5.74) is 0. The number of rotatable bonds is 12. The van der Waals surface area contributed by atoms with Gasteiger partial charge in [0.1, 0.15) is 0 Å². The van der Waals surface area contributed by atoms with E-state index in [-0.39, 0.29) is 0 Å². The first-order valence-corrected chi connectivity index (χ1v) is 7.58. The molecule has 17 heavy (non-hydrogen) atoms. The molecule has 1 nitrogen and oxygen atoms in total. The topological polar surface area (TPSA) is 12.0 Å². The Hall–Kier alpha value is -0.300. The van der Waals surface area contributed by atoms with Crippen molar-refractivity contribution in [2.45, 2.75) is 78.2 Å². The Balaban J connectivity index is 3.71. The maximum Gasteiger partial charge on any atom is 0.00695 e. The fraction of sp³-hybridized carbons (Fsp3) is 0.875. The van der Waals surface area contributed by atoms with Crippen molar-refractivity contribution in [2.24, 2.45) is 5.92 Å². The molecule has 0 radical (unpaired) electrons. The zero-order chi connectivity index (χ0) is 12.9. The van der Waals surface area contributed by atoms with Crippen LogP contribution in [0.2, 0.25) is 0 Å². The Morgan fingerprint density at radius 2 is 1.94 bits per heavy atom. The molecule has 2 atom stereocenters. The molecule has 0 fully saturated rings. The molecular weight excluding hydrogens is 206 g/mol. The van der Waals surface area contributed by atoms with Crippen molar-refractivity contribution >= 4 is 0 Å². The van der Waals surface area contributed by atoms with E-state index < -0.39 is 0 Å². The Bertz CT molecular complexity index is 165. The van der Waals surface area contributed by atoms with Crippen LogP contribution < -0.4 is 5.32 Å². The molecule has 0 aromatic heterocycles. The fourth-order valence-corrected chi connectivity index (χ4v) is 2.16. The van der Waals surface area contributed by atoms with Crippen LogP contribution in [0.4, 0.5) is 0 Å². The monoisotopic (exact) mass is 239 g/mol. The van der Waals surface area contributed by atoms with E-state index in [1.54, 1.807) is 0 Å². The molecular formula is C16H33N. The molecule has 0 aromatic carbocycles. The van der Waals surface area contributed by atoms with E-state index in [1.807, 2.05) is 6.08 Å². The molecule has 0 aromatic rings. The van der Waals surface area contributed by atoms with Gasteiger partial charge in [-0.05, 0) is 44.6 Å². The van der Waals surface area contributed by atoms with Crippen molar-refractivity contribution in [2.75, 3.05) is 6.54 Å². The summed E-state index contributed by atoms with van der Waals surface area (Å²) in [5.74, 6) is 0.859. The third-order valence-corrected chi connectivity index (χ3v) is 3.53. The summed E-state index contributed by atoms with van der Waals surface area (Å²) in [6, 6.07) is 0.744. The largest absolute Gasteiger partial charge is 0.314 e. The SMILES string of the molecule is C=CCCCCCC(CC(C)CC)NCCC. The quantitative estimate of drug-likeness (QED) is 0.376. The summed E-state index contributed by atoms with van der Waals surface area (Å²) in [4.78, 5) is 0. The summed E-state index contributed by atoms with van der Waals surface area (Å²) in [7, 11) is 0. The maximum atomic E-state index is 3.77. The number of unbranched alkanes of at least 4 members (excludes halogenated alkanes) is 3. The van der Waals surface area contributed by atoms with E-state index in [4.69, 9.17) is 0 Å². The molecule has 0 bridgehead atoms. The van der Waals surface area contributed by atoms with Crippen LogP contribution in [0, 0.1) is 5.92 Å². The van der Waals surface area contributed by atoms with Gasteiger partial charge >= 0.3 is 0 Å². The van der Waals surface area contributed by atoms with Crippen LogP contribution in [0.5, 0.6) is 0 Å². The summed E-state index contributed by atoms with van der Waals surface area (Å²) >= 11 is 0. The molecule has 0 saturated carbocycles. The number of allylic oxidation sites excluding steroid dienone is 1. The van der Waals surface area contributed by atoms with Gasteiger partial charge in [-0.3, -0.25) is 0 Å². The lowest BCUT2D eigenvalue weighted by Gasteiger charge is -2.21. The second-order valence-electron chi connectivity index (χ2n) is 5.33. The minimum atomic E-state index is 0.744. The lowest BCUT2D eigenvalue weighted by molar-refractivity contribution is 0.367. The predicted molar refractivity (Wildman–Crippen MR) is 79.4 cm³/mol. The summed E-state index contributed by atoms with van der Waals surface area (Å²) < 4.78 is 0. The van der Waals surface area contributed by atoms with Crippen LogP contribution in [0.25, 0.3) is 0 Å². The molecule has 0 spiro atoms. The standard InChI is InChI=1S/C16H33N/c1-5-8-9-10-11-12-16(17-13-6-2)14-15(4)7-3/h5,15-17H,1,6-14H2,2-4H3. The Kier molecular flexibility index (Phi) is 12.0. The second-order valence-corrected chi connectivity index (χ2v) is 5.33. The molecule has 0 saturated heterocycles. The zero-order valence-electron chi connectivity index (χ0n) is 12.3. The van der Waals surface area contributed by atoms with Gasteiger partial charge in [0, 0.05) is 6.04 Å². The second kappa shape index (κ2) is 12.2. The Morgan fingerprint density at radius 1 is 1.18 bits per heavy atom. The molecule has 0 heterocycles. The first-order valence-electron chi connectivity index (χ1n) is 7.58. The van der Waals surface area contributed by atoms with Crippen molar-refractivity contribution in [3.05, 3.63) is 12.7 Å². The van der Waals surface area contributed by atoms with Crippen LogP contribution in [0.1, 0.15) is 72.1 Å². The highest BCUT2D eigenvalue weighted by molar-refractivity contribution is 4.71. The molecule has 2 unspecified atom stereocenters. The normalized spacial score (nSPS) is 14.5. The smallest absolute Gasteiger partial charge is 0.00695 e. The number of hydrogen-bond donors (Lipinski definition) is 1. The third kappa shape index (κ3) is 10.6. The number of hydrogen-bond acceptors (Lipinski definition) is 1. The molecule has 0 amide bonds. The van der Waals surface area contributed by atoms with Crippen LogP contribution in [0.3, 0.4) is 0 Å². The van der Waals surface area contributed by atoms with Gasteiger partial charge in [0.05, 0.1) is 0 Å².